The van der Waals surface area contributed by atoms with Gasteiger partial charge in [0.05, 0.1) is 32.0 Å². The van der Waals surface area contributed by atoms with E-state index in [1.807, 2.05) is 6.07 Å². The molecule has 2 aromatic rings. The van der Waals surface area contributed by atoms with Crippen molar-refractivity contribution < 1.29 is 23.5 Å². The molecule has 3 aliphatic rings. The number of amides is 2. The lowest BCUT2D eigenvalue weighted by atomic mass is 10.0. The molecule has 0 radical (unpaired) electrons. The second-order valence-corrected chi connectivity index (χ2v) is 9.09. The lowest BCUT2D eigenvalue weighted by Crippen LogP contribution is -2.49. The molecule has 0 bridgehead atoms. The molecule has 1 atom stereocenters. The van der Waals surface area contributed by atoms with E-state index < -0.39 is 17.5 Å². The minimum atomic E-state index is -1.02. The maximum Gasteiger partial charge on any atom is 0.415 e. The minimum Gasteiger partial charge on any atom is -0.436 e. The molecule has 1 aromatic carbocycles. The summed E-state index contributed by atoms with van der Waals surface area (Å²) in [6.45, 7) is 4.83. The molecule has 2 amide bonds. The zero-order chi connectivity index (χ0) is 23.7. The van der Waals surface area contributed by atoms with E-state index in [9.17, 15) is 14.0 Å². The largest absolute Gasteiger partial charge is 0.436 e. The third-order valence-electron chi connectivity index (χ3n) is 6.55. The van der Waals surface area contributed by atoms with E-state index >= 15 is 0 Å². The van der Waals surface area contributed by atoms with Crippen LogP contribution in [0.3, 0.4) is 0 Å². The molecule has 1 spiro atoms. The van der Waals surface area contributed by atoms with Crippen LogP contribution in [0.25, 0.3) is 0 Å². The van der Waals surface area contributed by atoms with Gasteiger partial charge in [0.15, 0.2) is 5.60 Å². The van der Waals surface area contributed by atoms with E-state index in [0.29, 0.717) is 24.4 Å². The summed E-state index contributed by atoms with van der Waals surface area (Å²) in [4.78, 5) is 38.1. The fraction of sp³-hybridized carbons (Fsp3) is 0.458. The standard InChI is InChI=1S/C24H28FN5O4/c1-27-7-9-28(10-8-27)21-13-18(5-6-26-21)22(31)29-11-12-33-17-24(15-29)16-30(23(32)34-24)20-4-2-3-19(25)14-20/h2-6,13-14H,7-12,15-17H2,1H3/t24-/m1/s1. The Kier molecular flexibility index (Phi) is 6.09. The van der Waals surface area contributed by atoms with Gasteiger partial charge in [-0.25, -0.2) is 14.2 Å². The zero-order valence-corrected chi connectivity index (χ0v) is 19.2. The van der Waals surface area contributed by atoms with E-state index in [0.717, 1.165) is 32.0 Å². The van der Waals surface area contributed by atoms with Gasteiger partial charge < -0.3 is 24.2 Å². The molecule has 9 nitrogen and oxygen atoms in total. The van der Waals surface area contributed by atoms with Gasteiger partial charge in [-0.1, -0.05) is 6.07 Å². The van der Waals surface area contributed by atoms with Crippen LogP contribution in [-0.2, 0) is 9.47 Å². The van der Waals surface area contributed by atoms with Crippen LogP contribution in [0.15, 0.2) is 42.6 Å². The molecule has 3 aliphatic heterocycles. The zero-order valence-electron chi connectivity index (χ0n) is 19.2. The molecular formula is C24H28FN5O4. The van der Waals surface area contributed by atoms with Crippen LogP contribution < -0.4 is 9.80 Å². The summed E-state index contributed by atoms with van der Waals surface area (Å²) in [6, 6.07) is 9.34. The number of benzene rings is 1. The fourth-order valence-electron chi connectivity index (χ4n) is 4.64. The number of halogens is 1. The Balaban J connectivity index is 1.33. The number of hydrogen-bond acceptors (Lipinski definition) is 7. The molecule has 1 aromatic heterocycles. The van der Waals surface area contributed by atoms with Gasteiger partial charge in [-0.15, -0.1) is 0 Å². The molecule has 10 heteroatoms. The highest BCUT2D eigenvalue weighted by Crippen LogP contribution is 2.31. The highest BCUT2D eigenvalue weighted by molar-refractivity contribution is 5.95. The number of ether oxygens (including phenoxy) is 2. The number of rotatable bonds is 3. The maximum atomic E-state index is 13.7. The van der Waals surface area contributed by atoms with E-state index in [1.54, 1.807) is 29.3 Å². The summed E-state index contributed by atoms with van der Waals surface area (Å²) in [5.41, 5.74) is -0.0784. The van der Waals surface area contributed by atoms with E-state index in [1.165, 1.54) is 17.0 Å². The van der Waals surface area contributed by atoms with Crippen molar-refractivity contribution in [3.63, 3.8) is 0 Å². The van der Waals surface area contributed by atoms with Crippen molar-refractivity contribution in [2.75, 3.05) is 75.9 Å². The Bertz CT molecular complexity index is 1080. The normalized spacial score (nSPS) is 23.8. The summed E-state index contributed by atoms with van der Waals surface area (Å²) in [7, 11) is 2.09. The van der Waals surface area contributed by atoms with Gasteiger partial charge >= 0.3 is 6.09 Å². The van der Waals surface area contributed by atoms with Gasteiger partial charge in [0.25, 0.3) is 5.91 Å². The second kappa shape index (κ2) is 9.19. The summed E-state index contributed by atoms with van der Waals surface area (Å²) < 4.78 is 25.2. The number of aromatic nitrogens is 1. The molecule has 3 fully saturated rings. The van der Waals surface area contributed by atoms with Crippen LogP contribution in [0.5, 0.6) is 0 Å². The third-order valence-corrected chi connectivity index (χ3v) is 6.55. The van der Waals surface area contributed by atoms with Crippen molar-refractivity contribution in [3.8, 4) is 0 Å². The SMILES string of the molecule is CN1CCN(c2cc(C(=O)N3CCOC[C@@]4(C3)CN(c3cccc(F)c3)C(=O)O4)ccn2)CC1. The van der Waals surface area contributed by atoms with Gasteiger partial charge in [-0.2, -0.15) is 0 Å². The minimum absolute atomic E-state index is 0.164. The predicted molar refractivity (Wildman–Crippen MR) is 124 cm³/mol. The summed E-state index contributed by atoms with van der Waals surface area (Å²) in [5.74, 6) is 0.182. The van der Waals surface area contributed by atoms with Crippen molar-refractivity contribution in [1.82, 2.24) is 14.8 Å². The van der Waals surface area contributed by atoms with Crippen molar-refractivity contribution >= 4 is 23.5 Å². The van der Waals surface area contributed by atoms with Crippen LogP contribution in [0, 0.1) is 5.82 Å². The molecule has 180 valence electrons. The maximum absolute atomic E-state index is 13.7. The van der Waals surface area contributed by atoms with Gasteiger partial charge in [-0.05, 0) is 37.4 Å². The molecule has 0 unspecified atom stereocenters. The molecule has 3 saturated heterocycles. The van der Waals surface area contributed by atoms with Gasteiger partial charge in [0.1, 0.15) is 11.6 Å². The average molecular weight is 470 g/mol. The first-order chi connectivity index (χ1) is 16.4. The fourth-order valence-corrected chi connectivity index (χ4v) is 4.64. The summed E-state index contributed by atoms with van der Waals surface area (Å²) in [5, 5.41) is 0. The average Bonchev–Trinajstić information content (AvgIpc) is 3.02. The van der Waals surface area contributed by atoms with Crippen LogP contribution in [0.1, 0.15) is 10.4 Å². The first kappa shape index (κ1) is 22.5. The number of nitrogens with zero attached hydrogens (tertiary/aromatic N) is 5. The number of pyridine rings is 1. The lowest BCUT2D eigenvalue weighted by Gasteiger charge is -2.33. The van der Waals surface area contributed by atoms with Crippen LogP contribution in [0.2, 0.25) is 0 Å². The van der Waals surface area contributed by atoms with Crippen molar-refractivity contribution in [2.45, 2.75) is 5.60 Å². The molecule has 4 heterocycles. The number of anilines is 2. The van der Waals surface area contributed by atoms with Crippen LogP contribution in [-0.4, -0.2) is 98.5 Å². The van der Waals surface area contributed by atoms with Gasteiger partial charge in [0, 0.05) is 44.5 Å². The van der Waals surface area contributed by atoms with Gasteiger partial charge in [-0.3, -0.25) is 9.69 Å². The Morgan fingerprint density at radius 2 is 1.91 bits per heavy atom. The number of hydrogen-bond donors (Lipinski definition) is 0. The number of carbonyl (C=O) groups is 2. The monoisotopic (exact) mass is 469 g/mol. The first-order valence-corrected chi connectivity index (χ1v) is 11.5. The number of carbonyl (C=O) groups excluding carboxylic acids is 2. The summed E-state index contributed by atoms with van der Waals surface area (Å²) in [6.07, 6.45) is 1.08. The first-order valence-electron chi connectivity index (χ1n) is 11.5. The molecular weight excluding hydrogens is 441 g/mol. The third kappa shape index (κ3) is 4.55. The quantitative estimate of drug-likeness (QED) is 0.679. The molecule has 0 N–H and O–H groups in total. The second-order valence-electron chi connectivity index (χ2n) is 9.09. The topological polar surface area (TPSA) is 78.5 Å². The van der Waals surface area contributed by atoms with Crippen molar-refractivity contribution in [1.29, 1.82) is 0 Å². The number of piperazine rings is 1. The van der Waals surface area contributed by atoms with Crippen LogP contribution in [0.4, 0.5) is 20.7 Å². The molecule has 34 heavy (non-hydrogen) atoms. The van der Waals surface area contributed by atoms with E-state index in [4.69, 9.17) is 9.47 Å². The molecule has 0 saturated carbocycles. The Hall–Kier alpha value is -3.24. The highest BCUT2D eigenvalue weighted by Gasteiger charge is 2.49. The van der Waals surface area contributed by atoms with E-state index in [-0.39, 0.29) is 25.6 Å². The molecule has 5 rings (SSSR count). The van der Waals surface area contributed by atoms with E-state index in [2.05, 4.69) is 21.8 Å². The Morgan fingerprint density at radius 1 is 1.09 bits per heavy atom. The predicted octanol–water partition coefficient (Wildman–Crippen LogP) is 1.84. The van der Waals surface area contributed by atoms with Crippen molar-refractivity contribution in [2.24, 2.45) is 0 Å². The van der Waals surface area contributed by atoms with Crippen LogP contribution >= 0.6 is 0 Å². The molecule has 0 aliphatic carbocycles. The Morgan fingerprint density at radius 3 is 2.71 bits per heavy atom. The smallest absolute Gasteiger partial charge is 0.415 e. The lowest BCUT2D eigenvalue weighted by molar-refractivity contribution is -0.0140. The Labute approximate surface area is 197 Å². The van der Waals surface area contributed by atoms with Crippen molar-refractivity contribution in [3.05, 3.63) is 54.0 Å². The highest BCUT2D eigenvalue weighted by atomic mass is 19.1. The van der Waals surface area contributed by atoms with Gasteiger partial charge in [0.2, 0.25) is 0 Å². The summed E-state index contributed by atoms with van der Waals surface area (Å²) >= 11 is 0. The number of likely N-dealkylation sites (N-methyl/N-ethyl adjacent to an activating group) is 1.